The Labute approximate surface area is 157 Å². The highest BCUT2D eigenvalue weighted by Gasteiger charge is 2.41. The molecule has 138 valence electrons. The van der Waals surface area contributed by atoms with Crippen LogP contribution in [0, 0.1) is 0 Å². The van der Waals surface area contributed by atoms with Crippen LogP contribution in [0.4, 0.5) is 16.2 Å². The van der Waals surface area contributed by atoms with Gasteiger partial charge in [0, 0.05) is 6.42 Å². The Balaban J connectivity index is 1.70. The summed E-state index contributed by atoms with van der Waals surface area (Å²) in [6.45, 7) is 0. The van der Waals surface area contributed by atoms with E-state index in [9.17, 15) is 24.3 Å². The van der Waals surface area contributed by atoms with Gasteiger partial charge in [-0.25, -0.2) is 9.69 Å². The normalized spacial score (nSPS) is 16.4. The van der Waals surface area contributed by atoms with Crippen molar-refractivity contribution in [1.29, 1.82) is 0 Å². The predicted octanol–water partition coefficient (Wildman–Crippen LogP) is 2.69. The molecule has 8 nitrogen and oxygen atoms in total. The molecule has 2 aromatic carbocycles. The van der Waals surface area contributed by atoms with Gasteiger partial charge in [0.25, 0.3) is 5.24 Å². The molecule has 3 rings (SSSR count). The Hall–Kier alpha value is -3.33. The third-order valence-corrected chi connectivity index (χ3v) is 4.87. The lowest BCUT2D eigenvalue weighted by molar-refractivity contribution is -0.121. The van der Waals surface area contributed by atoms with Gasteiger partial charge in [0.15, 0.2) is 0 Å². The van der Waals surface area contributed by atoms with Crippen molar-refractivity contribution in [3.05, 3.63) is 54.1 Å². The number of thioether (sulfide) groups is 1. The van der Waals surface area contributed by atoms with Crippen molar-refractivity contribution in [3.63, 3.8) is 0 Å². The van der Waals surface area contributed by atoms with Crippen LogP contribution in [-0.4, -0.2) is 38.5 Å². The number of nitrogens with zero attached hydrogens (tertiary/aromatic N) is 1. The van der Waals surface area contributed by atoms with E-state index in [2.05, 4.69) is 5.32 Å². The van der Waals surface area contributed by atoms with Gasteiger partial charge in [-0.3, -0.25) is 14.4 Å². The fourth-order valence-corrected chi connectivity index (χ4v) is 3.56. The highest BCUT2D eigenvalue weighted by Crippen LogP contribution is 2.34. The van der Waals surface area contributed by atoms with E-state index < -0.39 is 28.3 Å². The first-order chi connectivity index (χ1) is 12.9. The van der Waals surface area contributed by atoms with Crippen LogP contribution in [0.2, 0.25) is 0 Å². The molecule has 0 radical (unpaired) electrons. The zero-order chi connectivity index (χ0) is 19.6. The number of rotatable bonds is 5. The molecule has 1 unspecified atom stereocenters. The van der Waals surface area contributed by atoms with Crippen molar-refractivity contribution < 1.29 is 29.4 Å². The zero-order valence-electron chi connectivity index (χ0n) is 13.8. The van der Waals surface area contributed by atoms with E-state index in [-0.39, 0.29) is 23.4 Å². The molecular formula is C18H14N2O6S. The number of anilines is 2. The van der Waals surface area contributed by atoms with Gasteiger partial charge in [-0.05, 0) is 48.2 Å². The molecule has 2 aromatic rings. The van der Waals surface area contributed by atoms with Crippen LogP contribution in [-0.2, 0) is 9.59 Å². The SMILES string of the molecule is O=C(CC1SC(=O)N(c2ccc(O)cc2)C1=O)Nc1ccccc1C(=O)O. The molecule has 0 saturated carbocycles. The molecule has 1 fully saturated rings. The van der Waals surface area contributed by atoms with Gasteiger partial charge >= 0.3 is 5.97 Å². The number of hydrogen-bond donors (Lipinski definition) is 3. The molecule has 3 amide bonds. The molecule has 0 aliphatic carbocycles. The van der Waals surface area contributed by atoms with Gasteiger partial charge in [0.05, 0.1) is 16.9 Å². The summed E-state index contributed by atoms with van der Waals surface area (Å²) < 4.78 is 0. The Morgan fingerprint density at radius 3 is 2.41 bits per heavy atom. The number of carboxylic acids is 1. The van der Waals surface area contributed by atoms with E-state index >= 15 is 0 Å². The first kappa shape index (κ1) is 18.5. The van der Waals surface area contributed by atoms with Gasteiger partial charge in [0.1, 0.15) is 11.0 Å². The van der Waals surface area contributed by atoms with E-state index in [1.807, 2.05) is 0 Å². The van der Waals surface area contributed by atoms with Gasteiger partial charge in [-0.1, -0.05) is 12.1 Å². The van der Waals surface area contributed by atoms with E-state index in [0.29, 0.717) is 5.69 Å². The smallest absolute Gasteiger partial charge is 0.337 e. The number of aromatic carboxylic acids is 1. The second-order valence-corrected chi connectivity index (χ2v) is 6.82. The van der Waals surface area contributed by atoms with Crippen molar-refractivity contribution in [3.8, 4) is 5.75 Å². The van der Waals surface area contributed by atoms with Gasteiger partial charge < -0.3 is 15.5 Å². The average molecular weight is 386 g/mol. The monoisotopic (exact) mass is 386 g/mol. The molecule has 1 atom stereocenters. The molecule has 0 aromatic heterocycles. The summed E-state index contributed by atoms with van der Waals surface area (Å²) in [5, 5.41) is 19.5. The number of aromatic hydroxyl groups is 1. The lowest BCUT2D eigenvalue weighted by atomic mass is 10.1. The second-order valence-electron chi connectivity index (χ2n) is 5.67. The summed E-state index contributed by atoms with van der Waals surface area (Å²) in [4.78, 5) is 49.1. The summed E-state index contributed by atoms with van der Waals surface area (Å²) in [5.41, 5.74) is 0.347. The molecule has 0 spiro atoms. The fraction of sp³-hybridized carbons (Fsp3) is 0.111. The molecule has 3 N–H and O–H groups in total. The van der Waals surface area contributed by atoms with E-state index in [4.69, 9.17) is 5.11 Å². The highest BCUT2D eigenvalue weighted by atomic mass is 32.2. The minimum atomic E-state index is -1.19. The maximum Gasteiger partial charge on any atom is 0.337 e. The molecule has 9 heteroatoms. The predicted molar refractivity (Wildman–Crippen MR) is 99.0 cm³/mol. The summed E-state index contributed by atoms with van der Waals surface area (Å²) in [6, 6.07) is 11.5. The minimum absolute atomic E-state index is 0.00137. The first-order valence-electron chi connectivity index (χ1n) is 7.82. The van der Waals surface area contributed by atoms with Crippen LogP contribution >= 0.6 is 11.8 Å². The average Bonchev–Trinajstić information content (AvgIpc) is 2.89. The minimum Gasteiger partial charge on any atom is -0.508 e. The summed E-state index contributed by atoms with van der Waals surface area (Å²) in [6.07, 6.45) is -0.280. The number of benzene rings is 2. The number of carbonyl (C=O) groups is 4. The molecular weight excluding hydrogens is 372 g/mol. The molecule has 27 heavy (non-hydrogen) atoms. The number of phenolic OH excluding ortho intramolecular Hbond substituents is 1. The number of carbonyl (C=O) groups excluding carboxylic acids is 3. The van der Waals surface area contributed by atoms with Gasteiger partial charge in [-0.2, -0.15) is 0 Å². The number of carboxylic acid groups (broad SMARTS) is 1. The first-order valence-corrected chi connectivity index (χ1v) is 8.70. The topological polar surface area (TPSA) is 124 Å². The van der Waals surface area contributed by atoms with Crippen LogP contribution < -0.4 is 10.2 Å². The molecule has 1 saturated heterocycles. The van der Waals surface area contributed by atoms with Gasteiger partial charge in [0.2, 0.25) is 11.8 Å². The van der Waals surface area contributed by atoms with Crippen molar-refractivity contribution in [2.45, 2.75) is 11.7 Å². The van der Waals surface area contributed by atoms with Crippen molar-refractivity contribution >= 4 is 46.2 Å². The highest BCUT2D eigenvalue weighted by molar-refractivity contribution is 8.15. The van der Waals surface area contributed by atoms with Crippen molar-refractivity contribution in [1.82, 2.24) is 0 Å². The molecule has 1 aliphatic rings. The Morgan fingerprint density at radius 1 is 1.07 bits per heavy atom. The number of imide groups is 1. The van der Waals surface area contributed by atoms with Crippen LogP contribution in [0.15, 0.2) is 48.5 Å². The van der Waals surface area contributed by atoms with Crippen LogP contribution in [0.5, 0.6) is 5.75 Å². The summed E-state index contributed by atoms with van der Waals surface area (Å²) in [7, 11) is 0. The third kappa shape index (κ3) is 3.93. The van der Waals surface area contributed by atoms with Crippen LogP contribution in [0.25, 0.3) is 0 Å². The molecule has 0 bridgehead atoms. The number of phenols is 1. The van der Waals surface area contributed by atoms with Crippen molar-refractivity contribution in [2.75, 3.05) is 10.2 Å². The van der Waals surface area contributed by atoms with E-state index in [0.717, 1.165) is 16.7 Å². The largest absolute Gasteiger partial charge is 0.508 e. The van der Waals surface area contributed by atoms with Crippen LogP contribution in [0.1, 0.15) is 16.8 Å². The Kier molecular flexibility index (Phi) is 5.13. The lowest BCUT2D eigenvalue weighted by Gasteiger charge is -2.14. The number of hydrogen-bond acceptors (Lipinski definition) is 6. The number of nitrogens with one attached hydrogen (secondary N) is 1. The molecule has 1 heterocycles. The Bertz CT molecular complexity index is 928. The quantitative estimate of drug-likeness (QED) is 0.722. The maximum absolute atomic E-state index is 12.5. The third-order valence-electron chi connectivity index (χ3n) is 3.83. The van der Waals surface area contributed by atoms with Crippen LogP contribution in [0.3, 0.4) is 0 Å². The Morgan fingerprint density at radius 2 is 1.74 bits per heavy atom. The maximum atomic E-state index is 12.5. The standard InChI is InChI=1S/C18H14N2O6S/c21-11-7-5-10(6-8-11)20-16(23)14(27-18(20)26)9-15(22)19-13-4-2-1-3-12(13)17(24)25/h1-8,14,21H,9H2,(H,19,22)(H,24,25). The van der Waals surface area contributed by atoms with Crippen molar-refractivity contribution in [2.24, 2.45) is 0 Å². The zero-order valence-corrected chi connectivity index (χ0v) is 14.6. The summed E-state index contributed by atoms with van der Waals surface area (Å²) in [5.74, 6) is -2.31. The van der Waals surface area contributed by atoms with Gasteiger partial charge in [-0.15, -0.1) is 0 Å². The number of amides is 3. The van der Waals surface area contributed by atoms with E-state index in [1.54, 1.807) is 6.07 Å². The molecule has 1 aliphatic heterocycles. The number of para-hydroxylation sites is 1. The van der Waals surface area contributed by atoms with E-state index in [1.165, 1.54) is 42.5 Å². The summed E-state index contributed by atoms with van der Waals surface area (Å²) >= 11 is 0.728. The lowest BCUT2D eigenvalue weighted by Crippen LogP contribution is -2.33. The fourth-order valence-electron chi connectivity index (χ4n) is 2.57. The second kappa shape index (κ2) is 7.50.